The molecular weight excluding hydrogens is 376 g/mol. The number of aliphatic carboxylic acids is 1. The molecule has 2 atom stereocenters. The van der Waals surface area contributed by atoms with Gasteiger partial charge in [-0.1, -0.05) is 13.5 Å². The fourth-order valence-electron chi connectivity index (χ4n) is 2.87. The van der Waals surface area contributed by atoms with Crippen LogP contribution < -0.4 is 5.32 Å². The minimum Gasteiger partial charge on any atom is -0.481 e. The highest BCUT2D eigenvalue weighted by atomic mass is 16.4. The van der Waals surface area contributed by atoms with Gasteiger partial charge in [0.25, 0.3) is 5.91 Å². The van der Waals surface area contributed by atoms with Crippen LogP contribution in [0.4, 0.5) is 0 Å². The number of amides is 2. The molecule has 0 aromatic carbocycles. The zero-order valence-corrected chi connectivity index (χ0v) is 17.1. The van der Waals surface area contributed by atoms with E-state index in [1.807, 2.05) is 0 Å². The molecule has 160 valence electrons. The van der Waals surface area contributed by atoms with Crippen molar-refractivity contribution in [3.05, 3.63) is 24.4 Å². The predicted octanol–water partition coefficient (Wildman–Crippen LogP) is 1.99. The average Bonchev–Trinajstić information content (AvgIpc) is 2.97. The maximum Gasteiger partial charge on any atom is 0.306 e. The van der Waals surface area contributed by atoms with E-state index in [-0.39, 0.29) is 36.2 Å². The van der Waals surface area contributed by atoms with E-state index in [0.29, 0.717) is 44.3 Å². The summed E-state index contributed by atoms with van der Waals surface area (Å²) in [7, 11) is 0. The molecule has 1 aliphatic rings. The van der Waals surface area contributed by atoms with E-state index >= 15 is 0 Å². The van der Waals surface area contributed by atoms with Crippen LogP contribution in [0.5, 0.6) is 0 Å². The molecule has 0 fully saturated rings. The molecule has 0 spiro atoms. The van der Waals surface area contributed by atoms with Crippen molar-refractivity contribution in [2.24, 2.45) is 5.92 Å². The number of ketones is 2. The number of carbonyl (C=O) groups excluding carboxylic acids is 4. The molecule has 0 bridgehead atoms. The number of nitrogens with one attached hydrogen (secondary N) is 1. The first-order valence-corrected chi connectivity index (χ1v) is 9.87. The Bertz CT molecular complexity index is 679. The van der Waals surface area contributed by atoms with Crippen LogP contribution in [0.25, 0.3) is 0 Å². The Balaban J connectivity index is 2.13. The van der Waals surface area contributed by atoms with E-state index in [1.54, 1.807) is 6.08 Å². The maximum absolute atomic E-state index is 11.9. The van der Waals surface area contributed by atoms with Crippen molar-refractivity contribution in [1.82, 2.24) is 10.2 Å². The number of Topliss-reactive ketones (excluding diaryl/α,β-unsaturated/α-hetero) is 2. The third kappa shape index (κ3) is 8.85. The monoisotopic (exact) mass is 406 g/mol. The van der Waals surface area contributed by atoms with Gasteiger partial charge in [-0.05, 0) is 32.3 Å². The molecule has 2 amide bonds. The Kier molecular flexibility index (Phi) is 9.99. The van der Waals surface area contributed by atoms with Crippen molar-refractivity contribution in [3.63, 3.8) is 0 Å². The number of carboxylic acid groups (broad SMARTS) is 1. The first-order valence-electron chi connectivity index (χ1n) is 9.87. The number of carbonyl (C=O) groups is 5. The van der Waals surface area contributed by atoms with Gasteiger partial charge in [-0.3, -0.25) is 24.0 Å². The van der Waals surface area contributed by atoms with Gasteiger partial charge in [0.15, 0.2) is 5.78 Å². The summed E-state index contributed by atoms with van der Waals surface area (Å²) in [5, 5.41) is 11.4. The van der Waals surface area contributed by atoms with Crippen LogP contribution in [-0.4, -0.2) is 51.9 Å². The van der Waals surface area contributed by atoms with Crippen LogP contribution in [0.2, 0.25) is 0 Å². The summed E-state index contributed by atoms with van der Waals surface area (Å²) in [5.41, 5.74) is 0.638. The molecule has 8 nitrogen and oxygen atoms in total. The van der Waals surface area contributed by atoms with Gasteiger partial charge in [0.05, 0.1) is 12.0 Å². The fourth-order valence-corrected chi connectivity index (χ4v) is 2.87. The van der Waals surface area contributed by atoms with Gasteiger partial charge >= 0.3 is 5.97 Å². The molecule has 1 heterocycles. The Hall–Kier alpha value is -2.77. The average molecular weight is 406 g/mol. The number of hydrogen-bond acceptors (Lipinski definition) is 5. The molecule has 0 radical (unpaired) electrons. The molecule has 0 aliphatic carbocycles. The van der Waals surface area contributed by atoms with E-state index in [0.717, 1.165) is 0 Å². The van der Waals surface area contributed by atoms with E-state index < -0.39 is 17.9 Å². The Morgan fingerprint density at radius 3 is 2.28 bits per heavy atom. The highest BCUT2D eigenvalue weighted by Gasteiger charge is 2.21. The van der Waals surface area contributed by atoms with Gasteiger partial charge in [0.1, 0.15) is 5.78 Å². The quantitative estimate of drug-likeness (QED) is 0.426. The molecule has 0 aromatic heterocycles. The van der Waals surface area contributed by atoms with Gasteiger partial charge in [0, 0.05) is 44.0 Å². The van der Waals surface area contributed by atoms with E-state index in [2.05, 4.69) is 11.9 Å². The SMILES string of the molecule is C=C1C=CC(=O)N1CCCC(=O)CCCCC(=O)N[C@@H](C)C(=O)C[C@@H](C)C(=O)O. The predicted molar refractivity (Wildman–Crippen MR) is 107 cm³/mol. The van der Waals surface area contributed by atoms with Crippen molar-refractivity contribution >= 4 is 29.4 Å². The highest BCUT2D eigenvalue weighted by Crippen LogP contribution is 2.14. The van der Waals surface area contributed by atoms with Crippen LogP contribution >= 0.6 is 0 Å². The minimum atomic E-state index is -1.05. The molecule has 29 heavy (non-hydrogen) atoms. The van der Waals surface area contributed by atoms with Gasteiger partial charge < -0.3 is 15.3 Å². The molecule has 1 rings (SSSR count). The van der Waals surface area contributed by atoms with Crippen molar-refractivity contribution < 1.29 is 29.1 Å². The number of hydrogen-bond donors (Lipinski definition) is 2. The number of allylic oxidation sites excluding steroid dienone is 1. The van der Waals surface area contributed by atoms with E-state index in [4.69, 9.17) is 5.11 Å². The lowest BCUT2D eigenvalue weighted by Crippen LogP contribution is -2.39. The second kappa shape index (κ2) is 11.9. The Labute approximate surface area is 171 Å². The largest absolute Gasteiger partial charge is 0.481 e. The zero-order chi connectivity index (χ0) is 22.0. The lowest BCUT2D eigenvalue weighted by atomic mass is 10.0. The molecule has 0 saturated heterocycles. The number of unbranched alkanes of at least 4 members (excludes halogenated alkanes) is 1. The lowest BCUT2D eigenvalue weighted by Gasteiger charge is -2.16. The number of rotatable bonds is 14. The Morgan fingerprint density at radius 2 is 1.69 bits per heavy atom. The summed E-state index contributed by atoms with van der Waals surface area (Å²) in [6.07, 6.45) is 5.58. The molecular formula is C21H30N2O6. The Morgan fingerprint density at radius 1 is 1.07 bits per heavy atom. The van der Waals surface area contributed by atoms with Gasteiger partial charge in [-0.25, -0.2) is 0 Å². The zero-order valence-electron chi connectivity index (χ0n) is 17.1. The molecule has 8 heteroatoms. The fraction of sp³-hybridized carbons (Fsp3) is 0.571. The van der Waals surface area contributed by atoms with Crippen LogP contribution in [0, 0.1) is 5.92 Å². The third-order valence-electron chi connectivity index (χ3n) is 4.77. The lowest BCUT2D eigenvalue weighted by molar-refractivity contribution is -0.143. The molecule has 2 N–H and O–H groups in total. The summed E-state index contributed by atoms with van der Waals surface area (Å²) < 4.78 is 0. The van der Waals surface area contributed by atoms with Crippen molar-refractivity contribution in [2.75, 3.05) is 6.54 Å². The smallest absolute Gasteiger partial charge is 0.306 e. The summed E-state index contributed by atoms with van der Waals surface area (Å²) in [5.74, 6) is -2.47. The minimum absolute atomic E-state index is 0.0850. The van der Waals surface area contributed by atoms with E-state index in [1.165, 1.54) is 24.8 Å². The van der Waals surface area contributed by atoms with Crippen LogP contribution in [-0.2, 0) is 24.0 Å². The topological polar surface area (TPSA) is 121 Å². The molecule has 0 unspecified atom stereocenters. The van der Waals surface area contributed by atoms with Crippen LogP contribution in [0.1, 0.15) is 58.8 Å². The van der Waals surface area contributed by atoms with Gasteiger partial charge in [-0.15, -0.1) is 0 Å². The summed E-state index contributed by atoms with van der Waals surface area (Å²) in [6.45, 7) is 7.21. The van der Waals surface area contributed by atoms with Crippen molar-refractivity contribution in [3.8, 4) is 0 Å². The van der Waals surface area contributed by atoms with Crippen molar-refractivity contribution in [2.45, 2.75) is 64.8 Å². The number of carboxylic acids is 1. The van der Waals surface area contributed by atoms with Crippen LogP contribution in [0.15, 0.2) is 24.4 Å². The first-order chi connectivity index (χ1) is 13.6. The summed E-state index contributed by atoms with van der Waals surface area (Å²) >= 11 is 0. The highest BCUT2D eigenvalue weighted by molar-refractivity contribution is 5.93. The second-order valence-corrected chi connectivity index (χ2v) is 7.36. The summed E-state index contributed by atoms with van der Waals surface area (Å²) in [4.78, 5) is 59.6. The van der Waals surface area contributed by atoms with Crippen molar-refractivity contribution in [1.29, 1.82) is 0 Å². The maximum atomic E-state index is 11.9. The standard InChI is InChI=1S/C21H30N2O6/c1-14(21(28)29)13-18(25)16(3)22-19(26)9-5-4-7-17(24)8-6-12-23-15(2)10-11-20(23)27/h10-11,14,16H,2,4-9,12-13H2,1,3H3,(H,22,26)(H,28,29)/t14-,16+/m1/s1. The third-order valence-corrected chi connectivity index (χ3v) is 4.77. The van der Waals surface area contributed by atoms with E-state index in [9.17, 15) is 24.0 Å². The molecule has 1 aliphatic heterocycles. The normalized spacial score (nSPS) is 15.3. The van der Waals surface area contributed by atoms with Gasteiger partial charge in [0.2, 0.25) is 5.91 Å². The molecule has 0 aromatic rings. The second-order valence-electron chi connectivity index (χ2n) is 7.36. The summed E-state index contributed by atoms with van der Waals surface area (Å²) in [6, 6.07) is -0.733. The van der Waals surface area contributed by atoms with Gasteiger partial charge in [-0.2, -0.15) is 0 Å². The number of nitrogens with zero attached hydrogens (tertiary/aromatic N) is 1. The molecule has 0 saturated carbocycles. The first kappa shape index (κ1) is 24.3. The van der Waals surface area contributed by atoms with Crippen LogP contribution in [0.3, 0.4) is 0 Å².